The lowest BCUT2D eigenvalue weighted by atomic mass is 9.92. The van der Waals surface area contributed by atoms with Crippen molar-refractivity contribution in [1.29, 1.82) is 0 Å². The molecule has 0 radical (unpaired) electrons. The van der Waals surface area contributed by atoms with E-state index in [0.717, 1.165) is 71.2 Å². The molecule has 9 heteroatoms. The Bertz CT molecular complexity index is 1690. The second-order valence-electron chi connectivity index (χ2n) is 10.2. The molecule has 0 saturated carbocycles. The quantitative estimate of drug-likeness (QED) is 0.293. The molecule has 2 aliphatic heterocycles. The molecule has 2 fully saturated rings. The van der Waals surface area contributed by atoms with Crippen molar-refractivity contribution in [2.75, 3.05) is 55.8 Å². The first-order valence-electron chi connectivity index (χ1n) is 13.8. The van der Waals surface area contributed by atoms with Crippen LogP contribution in [0.2, 0.25) is 0 Å². The Hall–Kier alpha value is -4.50. The van der Waals surface area contributed by atoms with Crippen LogP contribution in [0.1, 0.15) is 28.9 Å². The van der Waals surface area contributed by atoms with Crippen molar-refractivity contribution in [3.8, 4) is 11.3 Å². The molecule has 0 unspecified atom stereocenters. The van der Waals surface area contributed by atoms with Gasteiger partial charge in [-0.1, -0.05) is 30.3 Å². The average molecular weight is 535 g/mol. The highest BCUT2D eigenvalue weighted by Crippen LogP contribution is 2.38. The van der Waals surface area contributed by atoms with E-state index in [2.05, 4.69) is 34.1 Å². The van der Waals surface area contributed by atoms with Gasteiger partial charge in [0.05, 0.1) is 54.2 Å². The van der Waals surface area contributed by atoms with Crippen LogP contribution in [0.5, 0.6) is 0 Å². The summed E-state index contributed by atoms with van der Waals surface area (Å²) in [6.45, 7) is 6.81. The number of carbonyl (C=O) groups is 1. The highest BCUT2D eigenvalue weighted by atomic mass is 16.5. The van der Waals surface area contributed by atoms with E-state index < -0.39 is 0 Å². The maximum Gasteiger partial charge on any atom is 0.338 e. The molecule has 0 spiro atoms. The minimum Gasteiger partial charge on any atom is -0.462 e. The number of para-hydroxylation sites is 1. The SMILES string of the molecule is CCOC(=O)c1ccc(-c2c(C3CN(c4ccc5ccccc5n4)C3)nc3c(N4CCOCC4)ccnn23)cc1. The third-order valence-electron chi connectivity index (χ3n) is 7.72. The summed E-state index contributed by atoms with van der Waals surface area (Å²) in [6, 6.07) is 22.0. The number of pyridine rings is 1. The molecular weight excluding hydrogens is 504 g/mol. The molecule has 7 rings (SSSR count). The Balaban J connectivity index is 1.26. The van der Waals surface area contributed by atoms with Crippen LogP contribution in [0.15, 0.2) is 72.9 Å². The van der Waals surface area contributed by atoms with Gasteiger partial charge in [-0.25, -0.2) is 19.3 Å². The fourth-order valence-corrected chi connectivity index (χ4v) is 5.61. The Morgan fingerprint density at radius 2 is 1.75 bits per heavy atom. The zero-order valence-electron chi connectivity index (χ0n) is 22.4. The van der Waals surface area contributed by atoms with Gasteiger partial charge in [-0.05, 0) is 43.3 Å². The summed E-state index contributed by atoms with van der Waals surface area (Å²) in [4.78, 5) is 27.0. The number of rotatable bonds is 6. The smallest absolute Gasteiger partial charge is 0.338 e. The number of fused-ring (bicyclic) bond motifs is 2. The number of carbonyl (C=O) groups excluding carboxylic acids is 1. The van der Waals surface area contributed by atoms with E-state index in [0.29, 0.717) is 25.4 Å². The standard InChI is InChI=1S/C31H30N6O3/c1-2-40-31(38)23-9-7-22(8-10-23)29-28(34-30-26(13-14-32-37(29)30)35-15-17-39-18-16-35)24-19-36(20-24)27-12-11-21-5-3-4-6-25(21)33-27/h3-14,24H,2,15-20H2,1H3. The number of aromatic nitrogens is 4. The van der Waals surface area contributed by atoms with Crippen LogP contribution in [-0.4, -0.2) is 71.6 Å². The minimum absolute atomic E-state index is 0.215. The van der Waals surface area contributed by atoms with Crippen molar-refractivity contribution in [3.05, 3.63) is 84.2 Å². The third kappa shape index (κ3) is 4.32. The second-order valence-corrected chi connectivity index (χ2v) is 10.2. The highest BCUT2D eigenvalue weighted by molar-refractivity contribution is 5.90. The lowest BCUT2D eigenvalue weighted by molar-refractivity contribution is 0.0526. The molecule has 0 atom stereocenters. The van der Waals surface area contributed by atoms with Gasteiger partial charge in [-0.15, -0.1) is 0 Å². The predicted octanol–water partition coefficient (Wildman–Crippen LogP) is 4.56. The monoisotopic (exact) mass is 534 g/mol. The fraction of sp³-hybridized carbons (Fsp3) is 0.290. The van der Waals surface area contributed by atoms with Gasteiger partial charge in [-0.2, -0.15) is 5.10 Å². The zero-order valence-corrected chi connectivity index (χ0v) is 22.4. The first kappa shape index (κ1) is 24.5. The molecule has 0 bridgehead atoms. The molecule has 0 amide bonds. The second kappa shape index (κ2) is 10.2. The Morgan fingerprint density at radius 3 is 2.55 bits per heavy atom. The van der Waals surface area contributed by atoms with E-state index in [1.54, 1.807) is 0 Å². The van der Waals surface area contributed by atoms with Crippen LogP contribution >= 0.6 is 0 Å². The lowest BCUT2D eigenvalue weighted by Crippen LogP contribution is -2.45. The van der Waals surface area contributed by atoms with Gasteiger partial charge in [0.25, 0.3) is 0 Å². The van der Waals surface area contributed by atoms with E-state index in [4.69, 9.17) is 24.5 Å². The number of benzene rings is 2. The maximum absolute atomic E-state index is 12.3. The van der Waals surface area contributed by atoms with Gasteiger partial charge in [0.2, 0.25) is 0 Å². The van der Waals surface area contributed by atoms with Crippen molar-refractivity contribution >= 4 is 34.0 Å². The summed E-state index contributed by atoms with van der Waals surface area (Å²) in [5.41, 5.74) is 6.35. The lowest BCUT2D eigenvalue weighted by Gasteiger charge is -2.39. The van der Waals surface area contributed by atoms with E-state index in [1.165, 1.54) is 0 Å². The molecule has 5 heterocycles. The summed E-state index contributed by atoms with van der Waals surface area (Å²) >= 11 is 0. The van der Waals surface area contributed by atoms with Crippen LogP contribution in [0.25, 0.3) is 27.8 Å². The Kier molecular flexibility index (Phi) is 6.28. The number of morpholine rings is 1. The number of imidazole rings is 1. The molecule has 2 aliphatic rings. The van der Waals surface area contributed by atoms with Crippen LogP contribution in [0, 0.1) is 0 Å². The first-order valence-corrected chi connectivity index (χ1v) is 13.8. The van der Waals surface area contributed by atoms with Gasteiger partial charge >= 0.3 is 5.97 Å². The molecule has 0 aliphatic carbocycles. The van der Waals surface area contributed by atoms with Crippen molar-refractivity contribution in [1.82, 2.24) is 19.6 Å². The first-order chi connectivity index (χ1) is 19.7. The van der Waals surface area contributed by atoms with Crippen molar-refractivity contribution in [2.24, 2.45) is 0 Å². The minimum atomic E-state index is -0.322. The van der Waals surface area contributed by atoms with Gasteiger partial charge in [-0.3, -0.25) is 0 Å². The predicted molar refractivity (Wildman–Crippen MR) is 154 cm³/mol. The molecule has 9 nitrogen and oxygen atoms in total. The number of hydrogen-bond acceptors (Lipinski definition) is 8. The summed E-state index contributed by atoms with van der Waals surface area (Å²) in [6.07, 6.45) is 1.84. The van der Waals surface area contributed by atoms with Gasteiger partial charge in [0.1, 0.15) is 5.82 Å². The van der Waals surface area contributed by atoms with Gasteiger partial charge < -0.3 is 19.3 Å². The molecule has 40 heavy (non-hydrogen) atoms. The summed E-state index contributed by atoms with van der Waals surface area (Å²) in [5.74, 6) is 0.871. The number of nitrogens with zero attached hydrogens (tertiary/aromatic N) is 6. The van der Waals surface area contributed by atoms with Gasteiger partial charge in [0.15, 0.2) is 5.65 Å². The molecule has 0 N–H and O–H groups in total. The summed E-state index contributed by atoms with van der Waals surface area (Å²) in [7, 11) is 0. The van der Waals surface area contributed by atoms with E-state index >= 15 is 0 Å². The van der Waals surface area contributed by atoms with Crippen molar-refractivity contribution in [3.63, 3.8) is 0 Å². The van der Waals surface area contributed by atoms with Crippen LogP contribution in [0.4, 0.5) is 11.5 Å². The normalized spacial score (nSPS) is 15.9. The van der Waals surface area contributed by atoms with Crippen molar-refractivity contribution < 1.29 is 14.3 Å². The fourth-order valence-electron chi connectivity index (χ4n) is 5.61. The Morgan fingerprint density at radius 1 is 0.950 bits per heavy atom. The highest BCUT2D eigenvalue weighted by Gasteiger charge is 2.35. The largest absolute Gasteiger partial charge is 0.462 e. The number of ether oxygens (including phenoxy) is 2. The molecule has 3 aromatic heterocycles. The number of hydrogen-bond donors (Lipinski definition) is 0. The topological polar surface area (TPSA) is 85.1 Å². The summed E-state index contributed by atoms with van der Waals surface area (Å²) < 4.78 is 12.7. The zero-order chi connectivity index (χ0) is 27.1. The van der Waals surface area contributed by atoms with E-state index in [-0.39, 0.29) is 11.9 Å². The molecule has 2 aromatic carbocycles. The third-order valence-corrected chi connectivity index (χ3v) is 7.72. The molecule has 5 aromatic rings. The van der Waals surface area contributed by atoms with Crippen LogP contribution in [0.3, 0.4) is 0 Å². The van der Waals surface area contributed by atoms with Gasteiger partial charge in [0, 0.05) is 43.0 Å². The van der Waals surface area contributed by atoms with Crippen molar-refractivity contribution in [2.45, 2.75) is 12.8 Å². The van der Waals surface area contributed by atoms with Crippen LogP contribution in [-0.2, 0) is 9.47 Å². The molecule has 202 valence electrons. The summed E-state index contributed by atoms with van der Waals surface area (Å²) in [5, 5.41) is 5.89. The maximum atomic E-state index is 12.3. The molecule has 2 saturated heterocycles. The Labute approximate surface area is 232 Å². The van der Waals surface area contributed by atoms with Crippen LogP contribution < -0.4 is 9.80 Å². The van der Waals surface area contributed by atoms with E-state index in [9.17, 15) is 4.79 Å². The number of esters is 1. The average Bonchev–Trinajstić information content (AvgIpc) is 3.36. The number of anilines is 2. The molecular formula is C31H30N6O3. The van der Waals surface area contributed by atoms with E-state index in [1.807, 2.05) is 60.1 Å².